The smallest absolute Gasteiger partial charge is 0.336 e. The van der Waals surface area contributed by atoms with Crippen molar-refractivity contribution in [3.63, 3.8) is 0 Å². The van der Waals surface area contributed by atoms with Crippen molar-refractivity contribution < 1.29 is 14.3 Å². The van der Waals surface area contributed by atoms with E-state index in [2.05, 4.69) is 60.5 Å². The van der Waals surface area contributed by atoms with Crippen molar-refractivity contribution in [3.8, 4) is 5.75 Å². The van der Waals surface area contributed by atoms with Gasteiger partial charge in [-0.05, 0) is 41.4 Å². The molecule has 0 aliphatic carbocycles. The zero-order chi connectivity index (χ0) is 21.6. The first-order valence-corrected chi connectivity index (χ1v) is 10.2. The van der Waals surface area contributed by atoms with Crippen LogP contribution in [0.15, 0.2) is 88.1 Å². The summed E-state index contributed by atoms with van der Waals surface area (Å²) in [5.41, 5.74) is 4.07. The molecule has 0 amide bonds. The lowest BCUT2D eigenvalue weighted by Gasteiger charge is -2.17. The molecule has 0 saturated heterocycles. The highest BCUT2D eigenvalue weighted by Gasteiger charge is 2.07. The van der Waals surface area contributed by atoms with Crippen LogP contribution in [-0.4, -0.2) is 17.1 Å². The van der Waals surface area contributed by atoms with Crippen LogP contribution in [0.2, 0.25) is 0 Å². The van der Waals surface area contributed by atoms with Crippen LogP contribution in [0.25, 0.3) is 11.0 Å². The van der Waals surface area contributed by atoms with E-state index in [-0.39, 0.29) is 19.0 Å². The van der Waals surface area contributed by atoms with E-state index in [9.17, 15) is 9.90 Å². The Kier molecular flexibility index (Phi) is 8.06. The fraction of sp³-hybridized carbons (Fsp3) is 0.192. The van der Waals surface area contributed by atoms with Crippen LogP contribution >= 0.6 is 12.4 Å². The van der Waals surface area contributed by atoms with Gasteiger partial charge in [-0.1, -0.05) is 54.6 Å². The van der Waals surface area contributed by atoms with E-state index in [0.717, 1.165) is 18.7 Å². The zero-order valence-electron chi connectivity index (χ0n) is 17.9. The Morgan fingerprint density at radius 1 is 0.875 bits per heavy atom. The predicted molar refractivity (Wildman–Crippen MR) is 128 cm³/mol. The number of ether oxygens (including phenoxy) is 1. The van der Waals surface area contributed by atoms with Gasteiger partial charge in [0, 0.05) is 30.6 Å². The molecule has 0 atom stereocenters. The monoisotopic (exact) mass is 451 g/mol. The van der Waals surface area contributed by atoms with E-state index >= 15 is 0 Å². The molecule has 4 aromatic rings. The minimum Gasteiger partial charge on any atom is -0.489 e. The van der Waals surface area contributed by atoms with Gasteiger partial charge in [0.15, 0.2) is 0 Å². The Balaban J connectivity index is 0.00000289. The molecule has 0 aliphatic rings. The number of rotatable bonds is 8. The van der Waals surface area contributed by atoms with E-state index < -0.39 is 5.63 Å². The third-order valence-corrected chi connectivity index (χ3v) is 5.15. The minimum absolute atomic E-state index is 0. The number of hydrogen-bond donors (Lipinski definition) is 1. The molecule has 0 radical (unpaired) electrons. The van der Waals surface area contributed by atoms with Crippen molar-refractivity contribution in [2.24, 2.45) is 0 Å². The number of benzene rings is 3. The van der Waals surface area contributed by atoms with Crippen molar-refractivity contribution in [2.75, 3.05) is 7.05 Å². The average Bonchev–Trinajstić information content (AvgIpc) is 2.78. The largest absolute Gasteiger partial charge is 0.489 e. The van der Waals surface area contributed by atoms with E-state index in [0.29, 0.717) is 28.9 Å². The van der Waals surface area contributed by atoms with Gasteiger partial charge < -0.3 is 14.3 Å². The molecular weight excluding hydrogens is 426 g/mol. The second kappa shape index (κ2) is 11.0. The first-order valence-electron chi connectivity index (χ1n) is 10.2. The SMILES string of the molecule is CN(Cc1ccccc1)Cc1ccc(COc2ccc3c(CO)cc(=O)oc3c2)cc1.Cl. The fourth-order valence-corrected chi connectivity index (χ4v) is 3.60. The molecule has 1 N–H and O–H groups in total. The molecule has 5 nitrogen and oxygen atoms in total. The van der Waals surface area contributed by atoms with Gasteiger partial charge in [0.2, 0.25) is 0 Å². The van der Waals surface area contributed by atoms with Gasteiger partial charge in [-0.25, -0.2) is 4.79 Å². The highest BCUT2D eigenvalue weighted by atomic mass is 35.5. The first kappa shape index (κ1) is 23.5. The second-order valence-electron chi connectivity index (χ2n) is 7.67. The Morgan fingerprint density at radius 3 is 2.22 bits per heavy atom. The summed E-state index contributed by atoms with van der Waals surface area (Å²) in [5.74, 6) is 0.609. The van der Waals surface area contributed by atoms with Gasteiger partial charge in [-0.2, -0.15) is 0 Å². The molecule has 0 spiro atoms. The Hall–Kier alpha value is -3.12. The average molecular weight is 452 g/mol. The quantitative estimate of drug-likeness (QED) is 0.385. The Bertz CT molecular complexity index is 1210. The van der Waals surface area contributed by atoms with E-state index in [1.807, 2.05) is 12.1 Å². The van der Waals surface area contributed by atoms with Gasteiger partial charge in [-0.3, -0.25) is 4.90 Å². The topological polar surface area (TPSA) is 62.9 Å². The summed E-state index contributed by atoms with van der Waals surface area (Å²) in [4.78, 5) is 13.9. The zero-order valence-corrected chi connectivity index (χ0v) is 18.7. The summed E-state index contributed by atoms with van der Waals surface area (Å²) in [6, 6.07) is 25.4. The summed E-state index contributed by atoms with van der Waals surface area (Å²) >= 11 is 0. The van der Waals surface area contributed by atoms with Gasteiger partial charge in [0.1, 0.15) is 17.9 Å². The van der Waals surface area contributed by atoms with Gasteiger partial charge in [-0.15, -0.1) is 12.4 Å². The Morgan fingerprint density at radius 2 is 1.53 bits per heavy atom. The van der Waals surface area contributed by atoms with E-state index in [1.54, 1.807) is 12.1 Å². The van der Waals surface area contributed by atoms with Crippen molar-refractivity contribution in [1.82, 2.24) is 4.90 Å². The molecule has 0 fully saturated rings. The number of aliphatic hydroxyl groups is 1. The second-order valence-corrected chi connectivity index (χ2v) is 7.67. The highest BCUT2D eigenvalue weighted by molar-refractivity contribution is 5.85. The molecule has 0 saturated carbocycles. The maximum absolute atomic E-state index is 11.6. The Labute approximate surface area is 193 Å². The lowest BCUT2D eigenvalue weighted by Crippen LogP contribution is -2.17. The summed E-state index contributed by atoms with van der Waals surface area (Å²) < 4.78 is 11.1. The van der Waals surface area contributed by atoms with Crippen LogP contribution in [0.1, 0.15) is 22.3 Å². The first-order chi connectivity index (χ1) is 15.1. The van der Waals surface area contributed by atoms with Crippen molar-refractivity contribution in [1.29, 1.82) is 0 Å². The highest BCUT2D eigenvalue weighted by Crippen LogP contribution is 2.23. The molecule has 6 heteroatoms. The van der Waals surface area contributed by atoms with Crippen molar-refractivity contribution in [2.45, 2.75) is 26.3 Å². The van der Waals surface area contributed by atoms with Crippen LogP contribution in [0, 0.1) is 0 Å². The molecule has 0 aliphatic heterocycles. The predicted octanol–water partition coefficient (Wildman–Crippen LogP) is 4.92. The van der Waals surface area contributed by atoms with Crippen molar-refractivity contribution >= 4 is 23.4 Å². The molecule has 1 aromatic heterocycles. The van der Waals surface area contributed by atoms with Crippen molar-refractivity contribution in [3.05, 3.63) is 112 Å². The molecule has 0 bridgehead atoms. The van der Waals surface area contributed by atoms with Gasteiger partial charge in [0.05, 0.1) is 6.61 Å². The number of nitrogens with zero attached hydrogens (tertiary/aromatic N) is 1. The number of hydrogen-bond acceptors (Lipinski definition) is 5. The van der Waals surface area contributed by atoms with Crippen LogP contribution in [0.4, 0.5) is 0 Å². The molecule has 4 rings (SSSR count). The lowest BCUT2D eigenvalue weighted by atomic mass is 10.1. The number of aliphatic hydroxyl groups excluding tert-OH is 1. The molecule has 1 heterocycles. The van der Waals surface area contributed by atoms with Crippen LogP contribution in [0.3, 0.4) is 0 Å². The van der Waals surface area contributed by atoms with Crippen LogP contribution in [0.5, 0.6) is 5.75 Å². The third-order valence-electron chi connectivity index (χ3n) is 5.15. The molecular formula is C26H26ClNO4. The fourth-order valence-electron chi connectivity index (χ4n) is 3.60. The molecule has 3 aromatic carbocycles. The minimum atomic E-state index is -0.485. The van der Waals surface area contributed by atoms with Gasteiger partial charge >= 0.3 is 5.63 Å². The molecule has 0 unspecified atom stereocenters. The normalized spacial score (nSPS) is 10.8. The van der Waals surface area contributed by atoms with E-state index in [4.69, 9.17) is 9.15 Å². The summed E-state index contributed by atoms with van der Waals surface area (Å²) in [7, 11) is 2.12. The summed E-state index contributed by atoms with van der Waals surface area (Å²) in [5, 5.41) is 10.1. The standard InChI is InChI=1S/C26H25NO4.ClH/c1-27(15-19-5-3-2-4-6-19)16-20-7-9-21(10-8-20)18-30-23-11-12-24-22(17-28)13-26(29)31-25(24)14-23;/h2-14,28H,15-18H2,1H3;1H. The third kappa shape index (κ3) is 5.98. The molecule has 166 valence electrons. The maximum atomic E-state index is 11.6. The number of fused-ring (bicyclic) bond motifs is 1. The molecule has 32 heavy (non-hydrogen) atoms. The lowest BCUT2D eigenvalue weighted by molar-refractivity contribution is 0.282. The van der Waals surface area contributed by atoms with Gasteiger partial charge in [0.25, 0.3) is 0 Å². The van der Waals surface area contributed by atoms with E-state index in [1.165, 1.54) is 17.2 Å². The summed E-state index contributed by atoms with van der Waals surface area (Å²) in [6.45, 7) is 1.97. The van der Waals surface area contributed by atoms with Crippen LogP contribution in [-0.2, 0) is 26.3 Å². The van der Waals surface area contributed by atoms with Crippen LogP contribution < -0.4 is 10.4 Å². The number of halogens is 1. The summed E-state index contributed by atoms with van der Waals surface area (Å²) in [6.07, 6.45) is 0. The maximum Gasteiger partial charge on any atom is 0.336 e.